The van der Waals surface area contributed by atoms with Gasteiger partial charge in [0.1, 0.15) is 11.4 Å². The van der Waals surface area contributed by atoms with Crippen LogP contribution < -0.4 is 10.6 Å². The molecule has 1 heterocycles. The zero-order chi connectivity index (χ0) is 13.1. The summed E-state index contributed by atoms with van der Waals surface area (Å²) in [5.74, 6) is 0.625. The number of nitrogens with two attached hydrogens (primary N) is 1. The van der Waals surface area contributed by atoms with E-state index >= 15 is 0 Å². The van der Waals surface area contributed by atoms with Crippen LogP contribution in [0.15, 0.2) is 18.2 Å². The molecule has 1 saturated heterocycles. The molecule has 5 nitrogen and oxygen atoms in total. The monoisotopic (exact) mass is 249 g/mol. The lowest BCUT2D eigenvalue weighted by atomic mass is 9.95. The summed E-state index contributed by atoms with van der Waals surface area (Å²) < 4.78 is 0. The van der Waals surface area contributed by atoms with Gasteiger partial charge in [-0.25, -0.2) is 0 Å². The van der Waals surface area contributed by atoms with Gasteiger partial charge in [0.15, 0.2) is 0 Å². The summed E-state index contributed by atoms with van der Waals surface area (Å²) in [4.78, 5) is 12.9. The largest absolute Gasteiger partial charge is 0.393 e. The van der Waals surface area contributed by atoms with Crippen LogP contribution in [0.25, 0.3) is 0 Å². The molecule has 0 radical (unpaired) electrons. The second-order valence-electron chi connectivity index (χ2n) is 4.83. The maximum absolute atomic E-state index is 11.1. The van der Waals surface area contributed by atoms with E-state index in [1.807, 2.05) is 0 Å². The van der Waals surface area contributed by atoms with Crippen LogP contribution in [0.3, 0.4) is 0 Å². The molecular formula is C13H19N3O2. The molecule has 0 aliphatic carbocycles. The number of rotatable bonds is 3. The summed E-state index contributed by atoms with van der Waals surface area (Å²) in [5.41, 5.74) is 6.69. The SMILES string of the molecule is CCC1CCCN(c2cccc(N)c2[N+](=O)[O-])C1. The predicted octanol–water partition coefficient (Wildman–Crippen LogP) is 2.80. The van der Waals surface area contributed by atoms with Crippen LogP contribution in [0.4, 0.5) is 17.1 Å². The van der Waals surface area contributed by atoms with Crippen molar-refractivity contribution in [2.45, 2.75) is 26.2 Å². The Morgan fingerprint density at radius 1 is 1.56 bits per heavy atom. The number of hydrogen-bond acceptors (Lipinski definition) is 4. The van der Waals surface area contributed by atoms with Crippen molar-refractivity contribution in [3.63, 3.8) is 0 Å². The summed E-state index contributed by atoms with van der Waals surface area (Å²) >= 11 is 0. The number of benzene rings is 1. The first-order valence-corrected chi connectivity index (χ1v) is 6.41. The van der Waals surface area contributed by atoms with Crippen LogP contribution in [-0.4, -0.2) is 18.0 Å². The van der Waals surface area contributed by atoms with Gasteiger partial charge < -0.3 is 10.6 Å². The highest BCUT2D eigenvalue weighted by molar-refractivity contribution is 5.75. The van der Waals surface area contributed by atoms with Gasteiger partial charge in [0.05, 0.1) is 4.92 Å². The minimum absolute atomic E-state index is 0.0502. The molecule has 0 spiro atoms. The van der Waals surface area contributed by atoms with Crippen molar-refractivity contribution in [1.29, 1.82) is 0 Å². The van der Waals surface area contributed by atoms with E-state index < -0.39 is 0 Å². The maximum atomic E-state index is 11.1. The molecule has 1 unspecified atom stereocenters. The Bertz CT molecular complexity index is 448. The third-order valence-corrected chi connectivity index (χ3v) is 3.67. The second-order valence-corrected chi connectivity index (χ2v) is 4.83. The molecule has 18 heavy (non-hydrogen) atoms. The molecule has 2 rings (SSSR count). The third-order valence-electron chi connectivity index (χ3n) is 3.67. The molecule has 1 aromatic carbocycles. The van der Waals surface area contributed by atoms with Crippen LogP contribution in [0.5, 0.6) is 0 Å². The van der Waals surface area contributed by atoms with Gasteiger partial charge in [-0.15, -0.1) is 0 Å². The van der Waals surface area contributed by atoms with Crippen LogP contribution in [0.1, 0.15) is 26.2 Å². The summed E-state index contributed by atoms with van der Waals surface area (Å²) in [6, 6.07) is 5.17. The first-order chi connectivity index (χ1) is 8.63. The topological polar surface area (TPSA) is 72.4 Å². The van der Waals surface area contributed by atoms with Crippen molar-refractivity contribution in [2.24, 2.45) is 5.92 Å². The van der Waals surface area contributed by atoms with Gasteiger partial charge in [0.25, 0.3) is 0 Å². The Morgan fingerprint density at radius 3 is 3.00 bits per heavy atom. The summed E-state index contributed by atoms with van der Waals surface area (Å²) in [5, 5.41) is 11.1. The minimum atomic E-state index is -0.375. The van der Waals surface area contributed by atoms with E-state index in [-0.39, 0.29) is 16.3 Å². The average molecular weight is 249 g/mol. The van der Waals surface area contributed by atoms with Crippen LogP contribution in [0.2, 0.25) is 0 Å². The summed E-state index contributed by atoms with van der Waals surface area (Å²) in [6.45, 7) is 3.93. The lowest BCUT2D eigenvalue weighted by Crippen LogP contribution is -2.35. The van der Waals surface area contributed by atoms with Crippen LogP contribution in [-0.2, 0) is 0 Å². The molecule has 98 valence electrons. The highest BCUT2D eigenvalue weighted by Gasteiger charge is 2.26. The Morgan fingerprint density at radius 2 is 2.33 bits per heavy atom. The van der Waals surface area contributed by atoms with Crippen molar-refractivity contribution >= 4 is 17.1 Å². The van der Waals surface area contributed by atoms with E-state index in [1.165, 1.54) is 6.42 Å². The number of nitro groups is 1. The van der Waals surface area contributed by atoms with Gasteiger partial charge in [-0.05, 0) is 30.9 Å². The average Bonchev–Trinajstić information content (AvgIpc) is 2.38. The number of hydrogen-bond donors (Lipinski definition) is 1. The fraction of sp³-hybridized carbons (Fsp3) is 0.538. The van der Waals surface area contributed by atoms with Gasteiger partial charge in [-0.2, -0.15) is 0 Å². The fourth-order valence-corrected chi connectivity index (χ4v) is 2.62. The number of nitrogens with zero attached hydrogens (tertiary/aromatic N) is 2. The van der Waals surface area contributed by atoms with E-state index in [0.717, 1.165) is 25.9 Å². The first kappa shape index (κ1) is 12.7. The molecule has 2 N–H and O–H groups in total. The van der Waals surface area contributed by atoms with Crippen molar-refractivity contribution < 1.29 is 4.92 Å². The Kier molecular flexibility index (Phi) is 3.69. The van der Waals surface area contributed by atoms with Gasteiger partial charge in [-0.1, -0.05) is 19.4 Å². The number of para-hydroxylation sites is 1. The zero-order valence-electron chi connectivity index (χ0n) is 10.6. The van der Waals surface area contributed by atoms with Gasteiger partial charge >= 0.3 is 5.69 Å². The quantitative estimate of drug-likeness (QED) is 0.508. The number of nitrogen functional groups attached to an aromatic ring is 1. The minimum Gasteiger partial charge on any atom is -0.393 e. The lowest BCUT2D eigenvalue weighted by Gasteiger charge is -2.33. The van der Waals surface area contributed by atoms with E-state index in [2.05, 4.69) is 11.8 Å². The molecule has 5 heteroatoms. The van der Waals surface area contributed by atoms with Gasteiger partial charge in [-0.3, -0.25) is 10.1 Å². The third kappa shape index (κ3) is 2.39. The smallest absolute Gasteiger partial charge is 0.315 e. The molecular weight excluding hydrogens is 230 g/mol. The van der Waals surface area contributed by atoms with Crippen molar-refractivity contribution in [3.05, 3.63) is 28.3 Å². The number of anilines is 2. The van der Waals surface area contributed by atoms with Crippen LogP contribution in [0, 0.1) is 16.0 Å². The molecule has 0 saturated carbocycles. The second kappa shape index (κ2) is 5.25. The number of nitro benzene ring substituents is 1. The van der Waals surface area contributed by atoms with E-state index in [0.29, 0.717) is 11.6 Å². The van der Waals surface area contributed by atoms with E-state index in [9.17, 15) is 10.1 Å². The van der Waals surface area contributed by atoms with Crippen molar-refractivity contribution in [3.8, 4) is 0 Å². The van der Waals surface area contributed by atoms with E-state index in [4.69, 9.17) is 5.73 Å². The highest BCUT2D eigenvalue weighted by atomic mass is 16.6. The summed E-state index contributed by atoms with van der Waals surface area (Å²) in [7, 11) is 0. The normalized spacial score (nSPS) is 19.8. The van der Waals surface area contributed by atoms with Crippen molar-refractivity contribution in [2.75, 3.05) is 23.7 Å². The molecule has 1 atom stereocenters. The van der Waals surface area contributed by atoms with E-state index in [1.54, 1.807) is 18.2 Å². The molecule has 0 aromatic heterocycles. The van der Waals surface area contributed by atoms with Gasteiger partial charge in [0, 0.05) is 13.1 Å². The summed E-state index contributed by atoms with van der Waals surface area (Å²) in [6.07, 6.45) is 3.42. The fourth-order valence-electron chi connectivity index (χ4n) is 2.62. The standard InChI is InChI=1S/C13H19N3O2/c1-2-10-5-4-8-15(9-10)12-7-3-6-11(14)13(12)16(17)18/h3,6-7,10H,2,4-5,8-9,14H2,1H3. The Hall–Kier alpha value is -1.78. The Balaban J connectivity index is 2.32. The maximum Gasteiger partial charge on any atom is 0.315 e. The predicted molar refractivity (Wildman–Crippen MR) is 72.7 cm³/mol. The molecule has 0 amide bonds. The lowest BCUT2D eigenvalue weighted by molar-refractivity contribution is -0.383. The molecule has 1 fully saturated rings. The molecule has 0 bridgehead atoms. The molecule has 1 aromatic rings. The molecule has 1 aliphatic rings. The Labute approximate surface area is 107 Å². The van der Waals surface area contributed by atoms with Crippen LogP contribution >= 0.6 is 0 Å². The molecule has 1 aliphatic heterocycles. The van der Waals surface area contributed by atoms with Crippen molar-refractivity contribution in [1.82, 2.24) is 0 Å². The number of piperidine rings is 1. The zero-order valence-corrected chi connectivity index (χ0v) is 10.6. The first-order valence-electron chi connectivity index (χ1n) is 6.41. The van der Waals surface area contributed by atoms with Gasteiger partial charge in [0.2, 0.25) is 0 Å². The highest BCUT2D eigenvalue weighted by Crippen LogP contribution is 2.36.